The monoisotopic (exact) mass is 359 g/mol. The van der Waals surface area contributed by atoms with E-state index in [-0.39, 0.29) is 11.8 Å². The van der Waals surface area contributed by atoms with E-state index in [1.165, 1.54) is 0 Å². The van der Waals surface area contributed by atoms with Crippen LogP contribution in [-0.4, -0.2) is 24.0 Å². The summed E-state index contributed by atoms with van der Waals surface area (Å²) < 4.78 is 0. The molecule has 0 saturated carbocycles. The van der Waals surface area contributed by atoms with Gasteiger partial charge in [0.05, 0.1) is 17.8 Å². The standard InChI is InChI=1S/C23H25N3O/c1-3-26(4-2)20-15-16-21(24-17-20)25-23(27)22(18-11-7-5-8-12-18)19-13-9-6-10-14-19/h5-17,22H,3-4H2,1-2H3,(H,24,25,27). The first-order valence-corrected chi connectivity index (χ1v) is 9.34. The Kier molecular flexibility index (Phi) is 6.21. The summed E-state index contributed by atoms with van der Waals surface area (Å²) in [7, 11) is 0. The lowest BCUT2D eigenvalue weighted by molar-refractivity contribution is -0.116. The lowest BCUT2D eigenvalue weighted by Gasteiger charge is -2.21. The average molecular weight is 359 g/mol. The summed E-state index contributed by atoms with van der Waals surface area (Å²) in [5.74, 6) is 0.0971. The predicted molar refractivity (Wildman–Crippen MR) is 111 cm³/mol. The molecule has 3 aromatic rings. The Balaban J connectivity index is 1.83. The molecule has 0 bridgehead atoms. The summed E-state index contributed by atoms with van der Waals surface area (Å²) in [5, 5.41) is 2.97. The third-order valence-electron chi connectivity index (χ3n) is 4.66. The molecule has 0 unspecified atom stereocenters. The minimum atomic E-state index is -0.378. The second-order valence-electron chi connectivity index (χ2n) is 6.32. The number of hydrogen-bond donors (Lipinski definition) is 1. The lowest BCUT2D eigenvalue weighted by atomic mass is 9.90. The number of aromatic nitrogens is 1. The Morgan fingerprint density at radius 2 is 1.44 bits per heavy atom. The van der Waals surface area contributed by atoms with Crippen molar-refractivity contribution in [3.8, 4) is 0 Å². The zero-order chi connectivity index (χ0) is 19.1. The first kappa shape index (κ1) is 18.6. The maximum absolute atomic E-state index is 13.1. The maximum Gasteiger partial charge on any atom is 0.237 e. The molecular formula is C23H25N3O. The van der Waals surface area contributed by atoms with E-state index in [4.69, 9.17) is 0 Å². The minimum Gasteiger partial charge on any atom is -0.371 e. The summed E-state index contributed by atoms with van der Waals surface area (Å²) >= 11 is 0. The number of rotatable bonds is 7. The molecule has 2 aromatic carbocycles. The second kappa shape index (κ2) is 8.99. The van der Waals surface area contributed by atoms with Crippen molar-refractivity contribution in [1.29, 1.82) is 0 Å². The van der Waals surface area contributed by atoms with E-state index < -0.39 is 0 Å². The first-order chi connectivity index (χ1) is 13.2. The van der Waals surface area contributed by atoms with Crippen molar-refractivity contribution in [2.75, 3.05) is 23.3 Å². The molecule has 0 aliphatic heterocycles. The summed E-state index contributed by atoms with van der Waals surface area (Å²) in [6.45, 7) is 6.08. The zero-order valence-corrected chi connectivity index (χ0v) is 15.8. The lowest BCUT2D eigenvalue weighted by Crippen LogP contribution is -2.24. The highest BCUT2D eigenvalue weighted by molar-refractivity contribution is 5.97. The van der Waals surface area contributed by atoms with Gasteiger partial charge >= 0.3 is 0 Å². The molecule has 4 heteroatoms. The number of carbonyl (C=O) groups is 1. The molecule has 1 N–H and O–H groups in total. The van der Waals surface area contributed by atoms with Gasteiger partial charge in [0.1, 0.15) is 5.82 Å². The molecule has 1 heterocycles. The molecule has 3 rings (SSSR count). The van der Waals surface area contributed by atoms with Gasteiger partial charge in [0.15, 0.2) is 0 Å². The van der Waals surface area contributed by atoms with Crippen molar-refractivity contribution in [2.24, 2.45) is 0 Å². The van der Waals surface area contributed by atoms with Crippen molar-refractivity contribution in [2.45, 2.75) is 19.8 Å². The number of nitrogens with zero attached hydrogens (tertiary/aromatic N) is 2. The normalized spacial score (nSPS) is 10.6. The van der Waals surface area contributed by atoms with E-state index in [9.17, 15) is 4.79 Å². The van der Waals surface area contributed by atoms with E-state index in [2.05, 4.69) is 29.0 Å². The van der Waals surface area contributed by atoms with Crippen molar-refractivity contribution < 1.29 is 4.79 Å². The Hall–Kier alpha value is -3.14. The van der Waals surface area contributed by atoms with Crippen molar-refractivity contribution in [1.82, 2.24) is 4.98 Å². The number of pyridine rings is 1. The molecule has 0 spiro atoms. The molecular weight excluding hydrogens is 334 g/mol. The van der Waals surface area contributed by atoms with Crippen molar-refractivity contribution >= 4 is 17.4 Å². The van der Waals surface area contributed by atoms with Gasteiger partial charge in [-0.3, -0.25) is 4.79 Å². The van der Waals surface area contributed by atoms with E-state index in [0.717, 1.165) is 29.9 Å². The largest absolute Gasteiger partial charge is 0.371 e. The highest BCUT2D eigenvalue weighted by Crippen LogP contribution is 2.26. The predicted octanol–water partition coefficient (Wildman–Crippen LogP) is 4.70. The van der Waals surface area contributed by atoms with Gasteiger partial charge in [-0.1, -0.05) is 60.7 Å². The number of hydrogen-bond acceptors (Lipinski definition) is 3. The first-order valence-electron chi connectivity index (χ1n) is 9.34. The van der Waals surface area contributed by atoms with Gasteiger partial charge in [-0.2, -0.15) is 0 Å². The van der Waals surface area contributed by atoms with Gasteiger partial charge in [0.25, 0.3) is 0 Å². The Labute approximate surface area is 160 Å². The minimum absolute atomic E-state index is 0.0875. The molecule has 0 saturated heterocycles. The van der Waals surface area contributed by atoms with Crippen LogP contribution in [0.1, 0.15) is 30.9 Å². The van der Waals surface area contributed by atoms with Crippen LogP contribution in [0.5, 0.6) is 0 Å². The molecule has 138 valence electrons. The molecule has 27 heavy (non-hydrogen) atoms. The Bertz CT molecular complexity index is 804. The van der Waals surface area contributed by atoms with E-state index in [1.807, 2.05) is 79.0 Å². The van der Waals surface area contributed by atoms with Crippen LogP contribution in [0.3, 0.4) is 0 Å². The van der Waals surface area contributed by atoms with Crippen molar-refractivity contribution in [3.05, 3.63) is 90.1 Å². The summed E-state index contributed by atoms with van der Waals surface area (Å²) in [5.41, 5.74) is 2.97. The van der Waals surface area contributed by atoms with Crippen LogP contribution in [-0.2, 0) is 4.79 Å². The highest BCUT2D eigenvalue weighted by atomic mass is 16.1. The topological polar surface area (TPSA) is 45.2 Å². The van der Waals surface area contributed by atoms with Crippen LogP contribution in [0.4, 0.5) is 11.5 Å². The fourth-order valence-electron chi connectivity index (χ4n) is 3.22. The molecule has 0 fully saturated rings. The van der Waals surface area contributed by atoms with Crippen LogP contribution >= 0.6 is 0 Å². The molecule has 4 nitrogen and oxygen atoms in total. The maximum atomic E-state index is 13.1. The number of anilines is 2. The molecule has 0 atom stereocenters. The number of carbonyl (C=O) groups excluding carboxylic acids is 1. The van der Waals surface area contributed by atoms with Gasteiger partial charge in [-0.05, 0) is 37.1 Å². The number of nitrogens with one attached hydrogen (secondary N) is 1. The van der Waals surface area contributed by atoms with Gasteiger partial charge < -0.3 is 10.2 Å². The number of benzene rings is 2. The Morgan fingerprint density at radius 3 is 1.89 bits per heavy atom. The van der Waals surface area contributed by atoms with E-state index in [0.29, 0.717) is 5.82 Å². The van der Waals surface area contributed by atoms with Crippen LogP contribution in [0.15, 0.2) is 79.0 Å². The fourth-order valence-corrected chi connectivity index (χ4v) is 3.22. The average Bonchev–Trinajstić information content (AvgIpc) is 2.72. The van der Waals surface area contributed by atoms with Crippen LogP contribution in [0.2, 0.25) is 0 Å². The zero-order valence-electron chi connectivity index (χ0n) is 15.8. The van der Waals surface area contributed by atoms with E-state index >= 15 is 0 Å². The van der Waals surface area contributed by atoms with Crippen LogP contribution in [0, 0.1) is 0 Å². The quantitative estimate of drug-likeness (QED) is 0.665. The number of amides is 1. The fraction of sp³-hybridized carbons (Fsp3) is 0.217. The van der Waals surface area contributed by atoms with Crippen LogP contribution < -0.4 is 10.2 Å². The van der Waals surface area contributed by atoms with Crippen molar-refractivity contribution in [3.63, 3.8) is 0 Å². The molecule has 0 aliphatic rings. The highest BCUT2D eigenvalue weighted by Gasteiger charge is 2.22. The molecule has 1 amide bonds. The third kappa shape index (κ3) is 4.53. The summed E-state index contributed by atoms with van der Waals surface area (Å²) in [4.78, 5) is 19.7. The third-order valence-corrected chi connectivity index (χ3v) is 4.66. The molecule has 0 radical (unpaired) electrons. The SMILES string of the molecule is CCN(CC)c1ccc(NC(=O)C(c2ccccc2)c2ccccc2)nc1. The second-order valence-corrected chi connectivity index (χ2v) is 6.32. The molecule has 0 aliphatic carbocycles. The Morgan fingerprint density at radius 1 is 0.889 bits per heavy atom. The van der Waals surface area contributed by atoms with Crippen LogP contribution in [0.25, 0.3) is 0 Å². The van der Waals surface area contributed by atoms with Gasteiger partial charge in [0, 0.05) is 13.1 Å². The molecule has 1 aromatic heterocycles. The van der Waals surface area contributed by atoms with Gasteiger partial charge in [0.2, 0.25) is 5.91 Å². The van der Waals surface area contributed by atoms with Gasteiger partial charge in [-0.15, -0.1) is 0 Å². The summed E-state index contributed by atoms with van der Waals surface area (Å²) in [6, 6.07) is 23.5. The van der Waals surface area contributed by atoms with E-state index in [1.54, 1.807) is 0 Å². The van der Waals surface area contributed by atoms with Gasteiger partial charge in [-0.25, -0.2) is 4.98 Å². The smallest absolute Gasteiger partial charge is 0.237 e. The summed E-state index contributed by atoms with van der Waals surface area (Å²) in [6.07, 6.45) is 1.81.